The van der Waals surface area contributed by atoms with Crippen molar-refractivity contribution in [2.45, 2.75) is 6.54 Å². The minimum absolute atomic E-state index is 0.368. The molecule has 0 aliphatic carbocycles. The van der Waals surface area contributed by atoms with Crippen molar-refractivity contribution in [3.05, 3.63) is 75.4 Å². The molecule has 86 valence electrons. The van der Waals surface area contributed by atoms with Crippen molar-refractivity contribution in [3.63, 3.8) is 0 Å². The third kappa shape index (κ3) is 3.71. The van der Waals surface area contributed by atoms with Crippen LogP contribution in [-0.4, -0.2) is 11.0 Å². The number of halogens is 1. The van der Waals surface area contributed by atoms with Gasteiger partial charge in [-0.1, -0.05) is 52.3 Å². The number of benzene rings is 2. The summed E-state index contributed by atoms with van der Waals surface area (Å²) in [7, 11) is 0. The minimum Gasteiger partial charge on any atom is -0.624 e. The van der Waals surface area contributed by atoms with Crippen molar-refractivity contribution in [1.82, 2.24) is 0 Å². The zero-order valence-electron chi connectivity index (χ0n) is 9.21. The normalized spacial score (nSPS) is 11.5. The second-order valence-electron chi connectivity index (χ2n) is 3.74. The van der Waals surface area contributed by atoms with Gasteiger partial charge in [0, 0.05) is 15.6 Å². The Labute approximate surface area is 109 Å². The Bertz CT molecular complexity index is 523. The van der Waals surface area contributed by atoms with E-state index < -0.39 is 0 Å². The van der Waals surface area contributed by atoms with Gasteiger partial charge in [0.25, 0.3) is 0 Å². The lowest BCUT2D eigenvalue weighted by Crippen LogP contribution is -2.05. The summed E-state index contributed by atoms with van der Waals surface area (Å²) in [4.78, 5) is 0. The number of rotatable bonds is 3. The fraction of sp³-hybridized carbons (Fsp3) is 0.0714. The summed E-state index contributed by atoms with van der Waals surface area (Å²) in [6, 6.07) is 17.4. The highest BCUT2D eigenvalue weighted by atomic mass is 79.9. The number of hydroxylamine groups is 1. The summed E-state index contributed by atoms with van der Waals surface area (Å²) in [5, 5.41) is 11.7. The predicted molar refractivity (Wildman–Crippen MR) is 73.1 cm³/mol. The summed E-state index contributed by atoms with van der Waals surface area (Å²) in [6.45, 7) is 0.368. The van der Waals surface area contributed by atoms with E-state index in [-0.39, 0.29) is 0 Å². The van der Waals surface area contributed by atoms with E-state index in [0.29, 0.717) is 6.54 Å². The highest BCUT2D eigenvalue weighted by molar-refractivity contribution is 9.10. The van der Waals surface area contributed by atoms with Crippen LogP contribution in [0, 0.1) is 5.21 Å². The van der Waals surface area contributed by atoms with Gasteiger partial charge in [-0.25, -0.2) is 4.74 Å². The van der Waals surface area contributed by atoms with Crippen LogP contribution in [-0.2, 0) is 6.54 Å². The maximum Gasteiger partial charge on any atom is 0.182 e. The summed E-state index contributed by atoms with van der Waals surface area (Å²) in [5.41, 5.74) is 1.90. The summed E-state index contributed by atoms with van der Waals surface area (Å²) >= 11 is 3.38. The number of hydrogen-bond acceptors (Lipinski definition) is 1. The molecule has 2 aromatic carbocycles. The van der Waals surface area contributed by atoms with Crippen LogP contribution >= 0.6 is 15.9 Å². The van der Waals surface area contributed by atoms with Crippen molar-refractivity contribution in [2.75, 3.05) is 0 Å². The molecule has 2 aromatic rings. The van der Waals surface area contributed by atoms with Gasteiger partial charge in [-0.3, -0.25) is 0 Å². The fourth-order valence-corrected chi connectivity index (χ4v) is 1.98. The Balaban J connectivity index is 2.12. The quantitative estimate of drug-likeness (QED) is 0.367. The SMILES string of the molecule is [O-][N+](=Cc1cccc(Br)c1)Cc1ccccc1. The standard InChI is InChI=1S/C14H12BrNO/c15-14-8-4-7-13(9-14)11-16(17)10-12-5-2-1-3-6-12/h1-9,11H,10H2. The Hall–Kier alpha value is -1.61. The minimum atomic E-state index is 0.368. The molecule has 3 heteroatoms. The lowest BCUT2D eigenvalue weighted by Gasteiger charge is -2.04. The monoisotopic (exact) mass is 289 g/mol. The molecule has 0 bridgehead atoms. The average molecular weight is 290 g/mol. The van der Waals surface area contributed by atoms with Gasteiger partial charge >= 0.3 is 0 Å². The van der Waals surface area contributed by atoms with Crippen molar-refractivity contribution in [2.24, 2.45) is 0 Å². The van der Waals surface area contributed by atoms with E-state index >= 15 is 0 Å². The van der Waals surface area contributed by atoms with E-state index in [4.69, 9.17) is 0 Å². The van der Waals surface area contributed by atoms with Gasteiger partial charge < -0.3 is 5.21 Å². The molecule has 0 aliphatic heterocycles. The van der Waals surface area contributed by atoms with E-state index in [0.717, 1.165) is 20.3 Å². The Morgan fingerprint density at radius 2 is 1.82 bits per heavy atom. The Morgan fingerprint density at radius 1 is 1.06 bits per heavy atom. The molecule has 0 N–H and O–H groups in total. The number of nitrogens with zero attached hydrogens (tertiary/aromatic N) is 1. The molecule has 2 nitrogen and oxygen atoms in total. The molecule has 0 heterocycles. The summed E-state index contributed by atoms with van der Waals surface area (Å²) in [6.07, 6.45) is 1.60. The van der Waals surface area contributed by atoms with Crippen LogP contribution in [0.1, 0.15) is 11.1 Å². The third-order valence-electron chi connectivity index (χ3n) is 2.32. The molecule has 0 radical (unpaired) electrons. The van der Waals surface area contributed by atoms with Crippen LogP contribution in [0.2, 0.25) is 0 Å². The summed E-state index contributed by atoms with van der Waals surface area (Å²) in [5.74, 6) is 0. The highest BCUT2D eigenvalue weighted by Crippen LogP contribution is 2.10. The zero-order valence-corrected chi connectivity index (χ0v) is 10.8. The van der Waals surface area contributed by atoms with Crippen LogP contribution in [0.25, 0.3) is 0 Å². The Kier molecular flexibility index (Phi) is 3.94. The van der Waals surface area contributed by atoms with E-state index in [2.05, 4.69) is 15.9 Å². The first-order valence-electron chi connectivity index (χ1n) is 5.32. The van der Waals surface area contributed by atoms with E-state index in [1.165, 1.54) is 0 Å². The van der Waals surface area contributed by atoms with Crippen LogP contribution in [0.3, 0.4) is 0 Å². The van der Waals surface area contributed by atoms with Crippen LogP contribution in [0.15, 0.2) is 59.1 Å². The molecule has 0 saturated heterocycles. The van der Waals surface area contributed by atoms with Crippen LogP contribution < -0.4 is 0 Å². The maximum absolute atomic E-state index is 11.7. The Morgan fingerprint density at radius 3 is 2.53 bits per heavy atom. The summed E-state index contributed by atoms with van der Waals surface area (Å²) < 4.78 is 1.91. The van der Waals surface area contributed by atoms with Crippen molar-refractivity contribution in [1.29, 1.82) is 0 Å². The largest absolute Gasteiger partial charge is 0.624 e. The van der Waals surface area contributed by atoms with Crippen molar-refractivity contribution in [3.8, 4) is 0 Å². The lowest BCUT2D eigenvalue weighted by molar-refractivity contribution is -0.469. The zero-order chi connectivity index (χ0) is 12.1. The molecule has 0 aromatic heterocycles. The first-order chi connectivity index (χ1) is 8.24. The molecule has 0 atom stereocenters. The fourth-order valence-electron chi connectivity index (χ4n) is 1.56. The molecule has 0 spiro atoms. The van der Waals surface area contributed by atoms with Gasteiger partial charge in [-0.2, -0.15) is 0 Å². The van der Waals surface area contributed by atoms with Crippen LogP contribution in [0.4, 0.5) is 0 Å². The molecule has 0 fully saturated rings. The van der Waals surface area contributed by atoms with E-state index in [1.54, 1.807) is 6.21 Å². The molecule has 2 rings (SSSR count). The molecular formula is C14H12BrNO. The van der Waals surface area contributed by atoms with Gasteiger partial charge in [0.15, 0.2) is 12.8 Å². The first-order valence-corrected chi connectivity index (χ1v) is 6.11. The molecule has 0 unspecified atom stereocenters. The van der Waals surface area contributed by atoms with Crippen molar-refractivity contribution >= 4 is 22.1 Å². The molecule has 17 heavy (non-hydrogen) atoms. The average Bonchev–Trinajstić information content (AvgIpc) is 2.30. The van der Waals surface area contributed by atoms with Gasteiger partial charge in [0.05, 0.1) is 0 Å². The maximum atomic E-state index is 11.7. The second-order valence-corrected chi connectivity index (χ2v) is 4.66. The predicted octanol–water partition coefficient (Wildman–Crippen LogP) is 3.58. The molecular weight excluding hydrogens is 278 g/mol. The third-order valence-corrected chi connectivity index (χ3v) is 2.82. The van der Waals surface area contributed by atoms with Gasteiger partial charge in [-0.05, 0) is 18.2 Å². The van der Waals surface area contributed by atoms with Crippen LogP contribution in [0.5, 0.6) is 0 Å². The van der Waals surface area contributed by atoms with Crippen molar-refractivity contribution < 1.29 is 4.74 Å². The van der Waals surface area contributed by atoms with Gasteiger partial charge in [-0.15, -0.1) is 0 Å². The topological polar surface area (TPSA) is 26.1 Å². The second kappa shape index (κ2) is 5.64. The smallest absolute Gasteiger partial charge is 0.182 e. The highest BCUT2D eigenvalue weighted by Gasteiger charge is 1.99. The van der Waals surface area contributed by atoms with Gasteiger partial charge in [0.1, 0.15) is 0 Å². The molecule has 0 amide bonds. The number of hydrogen-bond donors (Lipinski definition) is 0. The lowest BCUT2D eigenvalue weighted by atomic mass is 10.2. The first kappa shape index (κ1) is 11.9. The van der Waals surface area contributed by atoms with E-state index in [1.807, 2.05) is 54.6 Å². The van der Waals surface area contributed by atoms with Gasteiger partial charge in [0.2, 0.25) is 0 Å². The molecule has 0 saturated carbocycles. The molecule has 0 aliphatic rings. The van der Waals surface area contributed by atoms with E-state index in [9.17, 15) is 5.21 Å².